The highest BCUT2D eigenvalue weighted by molar-refractivity contribution is 6.04. The van der Waals surface area contributed by atoms with Crippen LogP contribution in [0.3, 0.4) is 0 Å². The van der Waals surface area contributed by atoms with Crippen molar-refractivity contribution in [2.24, 2.45) is 0 Å². The first-order valence-corrected chi connectivity index (χ1v) is 5.61. The Labute approximate surface area is 111 Å². The zero-order valence-corrected chi connectivity index (χ0v) is 11.1. The number of para-hydroxylation sites is 1. The largest absolute Gasteiger partial charge is 0.493 e. The van der Waals surface area contributed by atoms with E-state index in [-0.39, 0.29) is 12.2 Å². The fourth-order valence-electron chi connectivity index (χ4n) is 1.50. The highest BCUT2D eigenvalue weighted by atomic mass is 16.5. The predicted octanol–water partition coefficient (Wildman–Crippen LogP) is 1.85. The molecule has 0 radical (unpaired) electrons. The van der Waals surface area contributed by atoms with Crippen LogP contribution >= 0.6 is 0 Å². The van der Waals surface area contributed by atoms with Gasteiger partial charge in [0.05, 0.1) is 21.3 Å². The zero-order valence-electron chi connectivity index (χ0n) is 11.1. The quantitative estimate of drug-likeness (QED) is 0.446. The van der Waals surface area contributed by atoms with Crippen molar-refractivity contribution in [3.05, 3.63) is 29.8 Å². The van der Waals surface area contributed by atoms with Gasteiger partial charge in [-0.3, -0.25) is 9.59 Å². The fraction of sp³-hybridized carbons (Fsp3) is 0.286. The van der Waals surface area contributed by atoms with Gasteiger partial charge in [0.25, 0.3) is 0 Å². The molecular formula is C14H16O5. The van der Waals surface area contributed by atoms with Gasteiger partial charge in [0.1, 0.15) is 6.42 Å². The summed E-state index contributed by atoms with van der Waals surface area (Å²) in [6.45, 7) is 0. The first-order chi connectivity index (χ1) is 9.12. The average molecular weight is 264 g/mol. The van der Waals surface area contributed by atoms with Gasteiger partial charge in [0, 0.05) is 5.56 Å². The van der Waals surface area contributed by atoms with Crippen LogP contribution in [0.25, 0.3) is 6.08 Å². The molecule has 0 unspecified atom stereocenters. The minimum atomic E-state index is -0.563. The number of carbonyl (C=O) groups is 2. The molecule has 0 aliphatic rings. The lowest BCUT2D eigenvalue weighted by molar-refractivity contribution is -0.142. The van der Waals surface area contributed by atoms with E-state index in [0.29, 0.717) is 17.1 Å². The molecule has 0 saturated carbocycles. The van der Waals surface area contributed by atoms with Crippen molar-refractivity contribution in [1.29, 1.82) is 0 Å². The molecule has 1 rings (SSSR count). The summed E-state index contributed by atoms with van der Waals surface area (Å²) in [5, 5.41) is 0. The summed E-state index contributed by atoms with van der Waals surface area (Å²) in [6.07, 6.45) is 2.61. The molecule has 102 valence electrons. The number of rotatable bonds is 6. The second kappa shape index (κ2) is 7.20. The van der Waals surface area contributed by atoms with Gasteiger partial charge in [-0.15, -0.1) is 0 Å². The molecule has 5 nitrogen and oxygen atoms in total. The van der Waals surface area contributed by atoms with E-state index in [1.807, 2.05) is 0 Å². The number of allylic oxidation sites excluding steroid dienone is 1. The molecule has 5 heteroatoms. The van der Waals surface area contributed by atoms with Crippen LogP contribution in [0.5, 0.6) is 11.5 Å². The smallest absolute Gasteiger partial charge is 0.313 e. The molecule has 0 aliphatic heterocycles. The molecule has 0 N–H and O–H groups in total. The van der Waals surface area contributed by atoms with Crippen molar-refractivity contribution in [2.45, 2.75) is 6.42 Å². The normalized spacial score (nSPS) is 10.3. The monoisotopic (exact) mass is 264 g/mol. The summed E-state index contributed by atoms with van der Waals surface area (Å²) >= 11 is 0. The first-order valence-electron chi connectivity index (χ1n) is 5.61. The minimum absolute atomic E-state index is 0.278. The molecule has 1 aromatic carbocycles. The third-order valence-electron chi connectivity index (χ3n) is 2.43. The van der Waals surface area contributed by atoms with E-state index in [2.05, 4.69) is 4.74 Å². The summed E-state index contributed by atoms with van der Waals surface area (Å²) in [7, 11) is 4.30. The number of ether oxygens (including phenoxy) is 3. The van der Waals surface area contributed by atoms with Gasteiger partial charge in [-0.05, 0) is 18.2 Å². The standard InChI is InChI=1S/C14H16O5/c1-17-12-6-4-5-10(14(12)19-3)7-8-11(15)9-13(16)18-2/h4-8H,9H2,1-3H3/b8-7-. The van der Waals surface area contributed by atoms with Gasteiger partial charge in [0.2, 0.25) is 0 Å². The highest BCUT2D eigenvalue weighted by Gasteiger charge is 2.09. The van der Waals surface area contributed by atoms with Crippen LogP contribution in [-0.2, 0) is 14.3 Å². The van der Waals surface area contributed by atoms with Crippen LogP contribution in [0.15, 0.2) is 24.3 Å². The van der Waals surface area contributed by atoms with E-state index in [9.17, 15) is 9.59 Å². The van der Waals surface area contributed by atoms with E-state index >= 15 is 0 Å². The van der Waals surface area contributed by atoms with Crippen molar-refractivity contribution >= 4 is 17.8 Å². The SMILES string of the molecule is COC(=O)CC(=O)/C=C\c1cccc(OC)c1OC. The number of hydrogen-bond acceptors (Lipinski definition) is 5. The molecule has 0 aromatic heterocycles. The van der Waals surface area contributed by atoms with Crippen molar-refractivity contribution in [3.8, 4) is 11.5 Å². The number of esters is 1. The van der Waals surface area contributed by atoms with E-state index in [4.69, 9.17) is 9.47 Å². The summed E-state index contributed by atoms with van der Waals surface area (Å²) in [5.41, 5.74) is 0.695. The number of ketones is 1. The predicted molar refractivity (Wildman–Crippen MR) is 70.2 cm³/mol. The Balaban J connectivity index is 2.87. The van der Waals surface area contributed by atoms with Crippen LogP contribution in [0.1, 0.15) is 12.0 Å². The third kappa shape index (κ3) is 4.13. The lowest BCUT2D eigenvalue weighted by Gasteiger charge is -2.09. The molecule has 0 heterocycles. The second-order valence-corrected chi connectivity index (χ2v) is 3.64. The van der Waals surface area contributed by atoms with Gasteiger partial charge < -0.3 is 14.2 Å². The lowest BCUT2D eigenvalue weighted by atomic mass is 10.1. The van der Waals surface area contributed by atoms with Gasteiger partial charge in [0.15, 0.2) is 17.3 Å². The molecular weight excluding hydrogens is 248 g/mol. The van der Waals surface area contributed by atoms with E-state index < -0.39 is 5.97 Å². The van der Waals surface area contributed by atoms with Gasteiger partial charge in [-0.25, -0.2) is 0 Å². The fourth-order valence-corrected chi connectivity index (χ4v) is 1.50. The highest BCUT2D eigenvalue weighted by Crippen LogP contribution is 2.31. The van der Waals surface area contributed by atoms with Crippen LogP contribution in [0.2, 0.25) is 0 Å². The Morgan fingerprint density at radius 3 is 2.47 bits per heavy atom. The van der Waals surface area contributed by atoms with Crippen LogP contribution in [0.4, 0.5) is 0 Å². The Hall–Kier alpha value is -2.30. The molecule has 19 heavy (non-hydrogen) atoms. The Bertz CT molecular complexity index is 491. The second-order valence-electron chi connectivity index (χ2n) is 3.64. The number of benzene rings is 1. The molecule has 0 spiro atoms. The summed E-state index contributed by atoms with van der Waals surface area (Å²) in [4.78, 5) is 22.4. The minimum Gasteiger partial charge on any atom is -0.493 e. The summed E-state index contributed by atoms with van der Waals surface area (Å²) in [5.74, 6) is 0.209. The van der Waals surface area contributed by atoms with Crippen molar-refractivity contribution < 1.29 is 23.8 Å². The molecule has 0 bridgehead atoms. The van der Waals surface area contributed by atoms with Gasteiger partial charge >= 0.3 is 5.97 Å². The lowest BCUT2D eigenvalue weighted by Crippen LogP contribution is -2.06. The Morgan fingerprint density at radius 1 is 1.16 bits per heavy atom. The van der Waals surface area contributed by atoms with Gasteiger partial charge in [-0.1, -0.05) is 12.1 Å². The summed E-state index contributed by atoms with van der Waals surface area (Å²) in [6, 6.07) is 5.32. The first kappa shape index (κ1) is 14.8. The summed E-state index contributed by atoms with van der Waals surface area (Å²) < 4.78 is 14.8. The van der Waals surface area contributed by atoms with Crippen LogP contribution < -0.4 is 9.47 Å². The molecule has 0 saturated heterocycles. The Kier molecular flexibility index (Phi) is 5.60. The maximum atomic E-state index is 11.5. The third-order valence-corrected chi connectivity index (χ3v) is 2.43. The maximum Gasteiger partial charge on any atom is 0.313 e. The van der Waals surface area contributed by atoms with Crippen molar-refractivity contribution in [2.75, 3.05) is 21.3 Å². The van der Waals surface area contributed by atoms with E-state index in [1.165, 1.54) is 27.4 Å². The van der Waals surface area contributed by atoms with Gasteiger partial charge in [-0.2, -0.15) is 0 Å². The van der Waals surface area contributed by atoms with Crippen molar-refractivity contribution in [3.63, 3.8) is 0 Å². The van der Waals surface area contributed by atoms with E-state index in [0.717, 1.165) is 0 Å². The van der Waals surface area contributed by atoms with Crippen LogP contribution in [-0.4, -0.2) is 33.1 Å². The van der Waals surface area contributed by atoms with Crippen molar-refractivity contribution in [1.82, 2.24) is 0 Å². The topological polar surface area (TPSA) is 61.8 Å². The number of hydrogen-bond donors (Lipinski definition) is 0. The van der Waals surface area contributed by atoms with E-state index in [1.54, 1.807) is 24.3 Å². The van der Waals surface area contributed by atoms with Crippen LogP contribution in [0, 0.1) is 0 Å². The Morgan fingerprint density at radius 2 is 1.89 bits per heavy atom. The number of carbonyl (C=O) groups excluding carboxylic acids is 2. The molecule has 0 aliphatic carbocycles. The average Bonchev–Trinajstić information content (AvgIpc) is 2.44. The molecule has 1 aromatic rings. The maximum absolute atomic E-state index is 11.5. The molecule has 0 atom stereocenters. The number of methoxy groups -OCH3 is 3. The molecule has 0 fully saturated rings. The zero-order chi connectivity index (χ0) is 14.3. The molecule has 0 amide bonds.